The molecule has 4 aromatic heterocycles. The van der Waals surface area contributed by atoms with Gasteiger partial charge in [-0.2, -0.15) is 14.0 Å². The third kappa shape index (κ3) is 5.44. The molecule has 3 aromatic carbocycles. The topological polar surface area (TPSA) is 52.8 Å². The minimum atomic E-state index is -0.147. The van der Waals surface area contributed by atoms with Gasteiger partial charge < -0.3 is 0 Å². The van der Waals surface area contributed by atoms with E-state index >= 15 is 4.39 Å². The van der Waals surface area contributed by atoms with Gasteiger partial charge in [0.2, 0.25) is 0 Å². The van der Waals surface area contributed by atoms with E-state index in [-0.39, 0.29) is 5.82 Å². The van der Waals surface area contributed by atoms with Crippen LogP contribution in [0.4, 0.5) is 10.1 Å². The summed E-state index contributed by atoms with van der Waals surface area (Å²) in [4.78, 5) is 5.93. The standard InChI is InChI=1S/C35H27FN4S4/c1-20(2)4-5-21-6-11-24(27(36)16-21)30-17-32-33(42-30)18-31(43-32)26-13-12-25(34-35(26)39-44-38-34)29-15-14-28(41-29)22-7-9-23(10-8-22)40(3)19-37/h6-18,20H,4-5H2,1-3H3. The Hall–Kier alpha value is -3.94. The highest BCUT2D eigenvalue weighted by molar-refractivity contribution is 7.31. The molecule has 0 aliphatic carbocycles. The molecule has 0 amide bonds. The summed E-state index contributed by atoms with van der Waals surface area (Å²) in [6.07, 6.45) is 4.10. The van der Waals surface area contributed by atoms with Crippen LogP contribution in [0.2, 0.25) is 0 Å². The van der Waals surface area contributed by atoms with Crippen LogP contribution in [0, 0.1) is 23.2 Å². The molecule has 0 bridgehead atoms. The number of hydrogen-bond acceptors (Lipinski definition) is 8. The zero-order valence-corrected chi connectivity index (χ0v) is 27.6. The van der Waals surface area contributed by atoms with Gasteiger partial charge in [-0.1, -0.05) is 50.2 Å². The van der Waals surface area contributed by atoms with Crippen molar-refractivity contribution in [3.05, 3.63) is 90.2 Å². The normalized spacial score (nSPS) is 11.5. The van der Waals surface area contributed by atoms with E-state index in [1.54, 1.807) is 52.0 Å². The molecule has 0 spiro atoms. The van der Waals surface area contributed by atoms with E-state index in [9.17, 15) is 0 Å². The van der Waals surface area contributed by atoms with Crippen molar-refractivity contribution in [1.29, 1.82) is 5.26 Å². The lowest BCUT2D eigenvalue weighted by atomic mass is 10.0. The Morgan fingerprint density at radius 3 is 2.00 bits per heavy atom. The molecule has 0 unspecified atom stereocenters. The molecule has 218 valence electrons. The molecule has 7 aromatic rings. The van der Waals surface area contributed by atoms with Gasteiger partial charge in [0.1, 0.15) is 16.9 Å². The molecule has 0 aliphatic rings. The summed E-state index contributed by atoms with van der Waals surface area (Å²) in [7, 11) is 1.75. The number of hydrogen-bond donors (Lipinski definition) is 0. The van der Waals surface area contributed by atoms with Gasteiger partial charge in [-0.05, 0) is 72.4 Å². The number of nitrogens with zero attached hydrogens (tertiary/aromatic N) is 4. The molecule has 7 rings (SSSR count). The van der Waals surface area contributed by atoms with Gasteiger partial charge in [0.05, 0.1) is 17.4 Å². The number of nitriles is 1. The number of thiophene rings is 3. The summed E-state index contributed by atoms with van der Waals surface area (Å²) >= 11 is 6.31. The molecule has 0 fully saturated rings. The van der Waals surface area contributed by atoms with E-state index in [4.69, 9.17) is 14.0 Å². The lowest BCUT2D eigenvalue weighted by Gasteiger charge is -2.08. The van der Waals surface area contributed by atoms with E-state index in [0.717, 1.165) is 80.7 Å². The largest absolute Gasteiger partial charge is 0.283 e. The number of aryl methyl sites for hydroxylation is 1. The maximum atomic E-state index is 15.1. The molecule has 0 aliphatic heterocycles. The van der Waals surface area contributed by atoms with E-state index in [0.29, 0.717) is 11.5 Å². The van der Waals surface area contributed by atoms with Crippen LogP contribution >= 0.6 is 45.7 Å². The van der Waals surface area contributed by atoms with Crippen LogP contribution in [0.3, 0.4) is 0 Å². The molecule has 4 heterocycles. The van der Waals surface area contributed by atoms with E-state index < -0.39 is 0 Å². The SMILES string of the molecule is CC(C)CCc1ccc(-c2cc3sc(-c4ccc(-c5ccc(-c6ccc(N(C)C#N)cc6)s5)c5nsnc45)cc3s2)c(F)c1. The molecule has 44 heavy (non-hydrogen) atoms. The number of aromatic nitrogens is 2. The molecule has 0 radical (unpaired) electrons. The van der Waals surface area contributed by atoms with Crippen LogP contribution in [0.1, 0.15) is 25.8 Å². The van der Waals surface area contributed by atoms with Gasteiger partial charge in [0.15, 0.2) is 6.19 Å². The first-order valence-corrected chi connectivity index (χ1v) is 17.5. The predicted molar refractivity (Wildman–Crippen MR) is 187 cm³/mol. The van der Waals surface area contributed by atoms with Crippen LogP contribution in [-0.2, 0) is 6.42 Å². The smallest absolute Gasteiger partial charge is 0.183 e. The van der Waals surface area contributed by atoms with Gasteiger partial charge in [0, 0.05) is 52.6 Å². The fourth-order valence-corrected chi connectivity index (χ4v) is 9.34. The minimum absolute atomic E-state index is 0.147. The molecule has 0 atom stereocenters. The Bertz CT molecular complexity index is 2130. The van der Waals surface area contributed by atoms with Gasteiger partial charge in [-0.15, -0.1) is 34.0 Å². The van der Waals surface area contributed by atoms with Crippen molar-refractivity contribution < 1.29 is 4.39 Å². The van der Waals surface area contributed by atoms with Crippen LogP contribution in [0.25, 0.3) is 62.2 Å². The molecule has 0 N–H and O–H groups in total. The Morgan fingerprint density at radius 2 is 1.36 bits per heavy atom. The lowest BCUT2D eigenvalue weighted by Crippen LogP contribution is -2.07. The Morgan fingerprint density at radius 1 is 0.750 bits per heavy atom. The number of benzene rings is 3. The second-order valence-corrected chi connectivity index (χ2v) is 15.0. The fourth-order valence-electron chi connectivity index (χ4n) is 5.28. The van der Waals surface area contributed by atoms with Crippen molar-refractivity contribution in [3.63, 3.8) is 0 Å². The van der Waals surface area contributed by atoms with Crippen LogP contribution in [-0.4, -0.2) is 15.8 Å². The van der Waals surface area contributed by atoms with E-state index in [2.05, 4.69) is 62.5 Å². The first kappa shape index (κ1) is 28.8. The highest BCUT2D eigenvalue weighted by Gasteiger charge is 2.18. The summed E-state index contributed by atoms with van der Waals surface area (Å²) in [5.74, 6) is 0.456. The first-order chi connectivity index (χ1) is 21.4. The zero-order chi connectivity index (χ0) is 30.4. The second kappa shape index (κ2) is 11.9. The Balaban J connectivity index is 1.16. The van der Waals surface area contributed by atoms with Crippen molar-refractivity contribution in [2.75, 3.05) is 11.9 Å². The summed E-state index contributed by atoms with van der Waals surface area (Å²) in [5, 5.41) is 9.14. The first-order valence-electron chi connectivity index (χ1n) is 14.3. The van der Waals surface area contributed by atoms with Crippen molar-refractivity contribution in [3.8, 4) is 48.0 Å². The quantitative estimate of drug-likeness (QED) is 0.121. The molecule has 0 saturated heterocycles. The van der Waals surface area contributed by atoms with E-state index in [1.165, 1.54) is 11.7 Å². The summed E-state index contributed by atoms with van der Waals surface area (Å²) in [6, 6.07) is 26.6. The van der Waals surface area contributed by atoms with Crippen molar-refractivity contribution >= 4 is 71.9 Å². The summed E-state index contributed by atoms with van der Waals surface area (Å²) < 4.78 is 26.8. The molecule has 9 heteroatoms. The van der Waals surface area contributed by atoms with E-state index in [1.807, 2.05) is 30.3 Å². The third-order valence-corrected chi connectivity index (χ3v) is 11.8. The summed E-state index contributed by atoms with van der Waals surface area (Å²) in [5.41, 5.74) is 7.66. The van der Waals surface area contributed by atoms with Gasteiger partial charge in [-0.3, -0.25) is 4.90 Å². The van der Waals surface area contributed by atoms with Gasteiger partial charge in [0.25, 0.3) is 0 Å². The molecule has 0 saturated carbocycles. The average Bonchev–Trinajstić information content (AvgIpc) is 3.83. The van der Waals surface area contributed by atoms with Crippen LogP contribution < -0.4 is 4.90 Å². The van der Waals surface area contributed by atoms with Crippen molar-refractivity contribution in [2.24, 2.45) is 5.92 Å². The maximum absolute atomic E-state index is 15.1. The predicted octanol–water partition coefficient (Wildman–Crippen LogP) is 11.3. The fraction of sp³-hybridized carbons (Fsp3) is 0.171. The van der Waals surface area contributed by atoms with Crippen LogP contribution in [0.15, 0.2) is 78.9 Å². The highest BCUT2D eigenvalue weighted by atomic mass is 32.1. The lowest BCUT2D eigenvalue weighted by molar-refractivity contribution is 0.582. The van der Waals surface area contributed by atoms with Gasteiger partial charge in [-0.25, -0.2) is 4.39 Å². The zero-order valence-electron chi connectivity index (χ0n) is 24.3. The Kier molecular flexibility index (Phi) is 7.77. The number of rotatable bonds is 8. The molecular formula is C35H27FN4S4. The van der Waals surface area contributed by atoms with Crippen molar-refractivity contribution in [2.45, 2.75) is 26.7 Å². The maximum Gasteiger partial charge on any atom is 0.183 e. The third-order valence-electron chi connectivity index (χ3n) is 7.76. The summed E-state index contributed by atoms with van der Waals surface area (Å²) in [6.45, 7) is 4.39. The minimum Gasteiger partial charge on any atom is -0.283 e. The van der Waals surface area contributed by atoms with Gasteiger partial charge >= 0.3 is 0 Å². The van der Waals surface area contributed by atoms with Crippen LogP contribution in [0.5, 0.6) is 0 Å². The molecular weight excluding hydrogens is 624 g/mol. The number of halogens is 1. The second-order valence-electron chi connectivity index (χ2n) is 11.2. The average molecular weight is 651 g/mol. The monoisotopic (exact) mass is 650 g/mol. The number of anilines is 1. The number of fused-ring (bicyclic) bond motifs is 2. The highest BCUT2D eigenvalue weighted by Crippen LogP contribution is 2.45. The van der Waals surface area contributed by atoms with Crippen molar-refractivity contribution in [1.82, 2.24) is 8.75 Å². The Labute approximate surface area is 271 Å². The molecule has 4 nitrogen and oxygen atoms in total.